The first-order valence-electron chi connectivity index (χ1n) is 11.9. The number of nitrogens with zero attached hydrogens (tertiary/aromatic N) is 5. The largest absolute Gasteiger partial charge is 0.357 e. The van der Waals surface area contributed by atoms with Gasteiger partial charge in [-0.15, -0.1) is 5.10 Å². The predicted molar refractivity (Wildman–Crippen MR) is 137 cm³/mol. The smallest absolute Gasteiger partial charge is 0.254 e. The summed E-state index contributed by atoms with van der Waals surface area (Å²) in [4.78, 5) is 18.9. The van der Waals surface area contributed by atoms with Gasteiger partial charge in [0, 0.05) is 23.3 Å². The molecule has 0 amide bonds. The molecule has 2 aromatic heterocycles. The molecule has 1 aliphatic heterocycles. The first-order chi connectivity index (χ1) is 17.1. The van der Waals surface area contributed by atoms with Crippen LogP contribution in [0.15, 0.2) is 77.6 Å². The van der Waals surface area contributed by atoms with E-state index in [-0.39, 0.29) is 5.56 Å². The van der Waals surface area contributed by atoms with Crippen molar-refractivity contribution in [1.29, 1.82) is 0 Å². The Morgan fingerprint density at radius 1 is 0.971 bits per heavy atom. The van der Waals surface area contributed by atoms with Crippen LogP contribution in [-0.2, 0) is 13.0 Å². The summed E-state index contributed by atoms with van der Waals surface area (Å²) in [7, 11) is 0. The summed E-state index contributed by atoms with van der Waals surface area (Å²) in [6.45, 7) is 5.46. The highest BCUT2D eigenvalue weighted by atomic mass is 16.1. The third kappa shape index (κ3) is 3.79. The summed E-state index contributed by atoms with van der Waals surface area (Å²) in [6, 6.07) is 24.2. The molecule has 0 unspecified atom stereocenters. The third-order valence-electron chi connectivity index (χ3n) is 7.00. The number of benzene rings is 3. The maximum absolute atomic E-state index is 13.5. The van der Waals surface area contributed by atoms with E-state index in [9.17, 15) is 4.79 Å². The second-order valence-electron chi connectivity index (χ2n) is 9.23. The standard InChI is InChI=1S/C28H26N6O/c1-18-14-22-16-23(28(35)29-24(22)15-19(18)2)26(33-13-12-21-10-6-7-11-25(21)33)27-30-31-32-34(27)17-20-8-4-3-5-9-20/h3-11,14-16,26H,12-13,17H2,1-2H3,(H,29,35)/t26-/m1/s1. The van der Waals surface area contributed by atoms with Gasteiger partial charge >= 0.3 is 0 Å². The number of hydrogen-bond donors (Lipinski definition) is 1. The fourth-order valence-electron chi connectivity index (χ4n) is 5.05. The minimum absolute atomic E-state index is 0.121. The molecule has 5 aromatic rings. The monoisotopic (exact) mass is 462 g/mol. The molecular formula is C28H26N6O. The van der Waals surface area contributed by atoms with Crippen molar-refractivity contribution in [3.8, 4) is 0 Å². The molecule has 0 radical (unpaired) electrons. The molecule has 174 valence electrons. The zero-order valence-electron chi connectivity index (χ0n) is 19.8. The number of para-hydroxylation sites is 1. The highest BCUT2D eigenvalue weighted by molar-refractivity contribution is 5.81. The lowest BCUT2D eigenvalue weighted by Gasteiger charge is -2.29. The molecule has 0 fully saturated rings. The van der Waals surface area contributed by atoms with Crippen LogP contribution >= 0.6 is 0 Å². The van der Waals surface area contributed by atoms with Gasteiger partial charge in [-0.05, 0) is 82.6 Å². The minimum atomic E-state index is -0.424. The molecule has 0 spiro atoms. The van der Waals surface area contributed by atoms with E-state index in [2.05, 4.69) is 75.7 Å². The molecule has 35 heavy (non-hydrogen) atoms. The van der Waals surface area contributed by atoms with Crippen LogP contribution in [0.25, 0.3) is 10.9 Å². The number of aromatic nitrogens is 5. The zero-order valence-corrected chi connectivity index (χ0v) is 19.8. The van der Waals surface area contributed by atoms with E-state index in [0.29, 0.717) is 17.9 Å². The van der Waals surface area contributed by atoms with Crippen molar-refractivity contribution in [2.45, 2.75) is 32.9 Å². The third-order valence-corrected chi connectivity index (χ3v) is 7.00. The lowest BCUT2D eigenvalue weighted by Crippen LogP contribution is -2.34. The van der Waals surface area contributed by atoms with Crippen molar-refractivity contribution in [3.05, 3.63) is 117 Å². The summed E-state index contributed by atoms with van der Waals surface area (Å²) in [5.41, 5.74) is 7.18. The number of tetrazole rings is 1. The Labute approximate surface area is 203 Å². The first kappa shape index (κ1) is 21.3. The molecule has 1 N–H and O–H groups in total. The van der Waals surface area contributed by atoms with Gasteiger partial charge < -0.3 is 9.88 Å². The number of pyridine rings is 1. The van der Waals surface area contributed by atoms with Crippen LogP contribution in [0.2, 0.25) is 0 Å². The predicted octanol–water partition coefficient (Wildman–Crippen LogP) is 4.33. The van der Waals surface area contributed by atoms with Crippen molar-refractivity contribution in [2.75, 3.05) is 11.4 Å². The Kier molecular flexibility index (Phi) is 5.17. The number of H-pyrrole nitrogens is 1. The Morgan fingerprint density at radius 3 is 2.60 bits per heavy atom. The van der Waals surface area contributed by atoms with Crippen LogP contribution in [0, 0.1) is 13.8 Å². The Bertz CT molecular complexity index is 1590. The summed E-state index contributed by atoms with van der Waals surface area (Å²) in [5, 5.41) is 13.8. The summed E-state index contributed by atoms with van der Waals surface area (Å²) in [6.07, 6.45) is 0.913. The molecule has 3 aromatic carbocycles. The molecule has 0 aliphatic carbocycles. The minimum Gasteiger partial charge on any atom is -0.357 e. The first-order valence-corrected chi connectivity index (χ1v) is 11.9. The average molecular weight is 463 g/mol. The molecule has 6 rings (SSSR count). The van der Waals surface area contributed by atoms with Crippen LogP contribution in [0.1, 0.15) is 39.7 Å². The van der Waals surface area contributed by atoms with Crippen molar-refractivity contribution in [3.63, 3.8) is 0 Å². The summed E-state index contributed by atoms with van der Waals surface area (Å²) in [5.74, 6) is 0.652. The van der Waals surface area contributed by atoms with Crippen LogP contribution in [0.4, 0.5) is 5.69 Å². The molecule has 0 saturated heterocycles. The lowest BCUT2D eigenvalue weighted by atomic mass is 10.0. The van der Waals surface area contributed by atoms with Gasteiger partial charge in [0.25, 0.3) is 5.56 Å². The number of aryl methyl sites for hydroxylation is 2. The maximum Gasteiger partial charge on any atom is 0.254 e. The zero-order chi connectivity index (χ0) is 23.9. The second kappa shape index (κ2) is 8.51. The van der Waals surface area contributed by atoms with Gasteiger partial charge in [-0.25, -0.2) is 4.68 Å². The van der Waals surface area contributed by atoms with E-state index in [1.807, 2.05) is 41.1 Å². The highest BCUT2D eigenvalue weighted by Crippen LogP contribution is 2.37. The summed E-state index contributed by atoms with van der Waals surface area (Å²) >= 11 is 0. The Hall–Kier alpha value is -4.26. The lowest BCUT2D eigenvalue weighted by molar-refractivity contribution is 0.577. The van der Waals surface area contributed by atoms with Gasteiger partial charge in [0.05, 0.1) is 6.54 Å². The van der Waals surface area contributed by atoms with Crippen LogP contribution < -0.4 is 10.5 Å². The number of fused-ring (bicyclic) bond motifs is 2. The summed E-state index contributed by atoms with van der Waals surface area (Å²) < 4.78 is 1.81. The molecular weight excluding hydrogens is 436 g/mol. The van der Waals surface area contributed by atoms with Crippen molar-refractivity contribution in [1.82, 2.24) is 25.2 Å². The number of anilines is 1. The van der Waals surface area contributed by atoms with Crippen molar-refractivity contribution in [2.24, 2.45) is 0 Å². The number of hydrogen-bond acceptors (Lipinski definition) is 5. The molecule has 1 aliphatic rings. The number of rotatable bonds is 5. The van der Waals surface area contributed by atoms with Crippen LogP contribution in [-0.4, -0.2) is 31.7 Å². The number of aromatic amines is 1. The quantitative estimate of drug-likeness (QED) is 0.421. The van der Waals surface area contributed by atoms with E-state index in [1.165, 1.54) is 11.1 Å². The van der Waals surface area contributed by atoms with Gasteiger partial charge in [0.15, 0.2) is 5.82 Å². The Balaban J connectivity index is 1.54. The SMILES string of the molecule is Cc1cc2cc([C@H](c3nnnn3Cc3ccccc3)N3CCc4ccccc43)c(=O)[nH]c2cc1C. The molecule has 0 bridgehead atoms. The normalized spacial score (nSPS) is 13.8. The van der Waals surface area contributed by atoms with E-state index in [0.717, 1.165) is 40.7 Å². The number of nitrogens with one attached hydrogen (secondary N) is 1. The van der Waals surface area contributed by atoms with Crippen molar-refractivity contribution < 1.29 is 0 Å². The average Bonchev–Trinajstić information content (AvgIpc) is 3.49. The fraction of sp³-hybridized carbons (Fsp3) is 0.214. The van der Waals surface area contributed by atoms with Crippen molar-refractivity contribution >= 4 is 16.6 Å². The molecule has 7 heteroatoms. The van der Waals surface area contributed by atoms with E-state index >= 15 is 0 Å². The van der Waals surface area contributed by atoms with Gasteiger partial charge in [-0.2, -0.15) is 0 Å². The van der Waals surface area contributed by atoms with E-state index in [1.54, 1.807) is 0 Å². The fourth-order valence-corrected chi connectivity index (χ4v) is 5.05. The van der Waals surface area contributed by atoms with Crippen LogP contribution in [0.3, 0.4) is 0 Å². The molecule has 7 nitrogen and oxygen atoms in total. The van der Waals surface area contributed by atoms with E-state index < -0.39 is 6.04 Å². The molecule has 3 heterocycles. The van der Waals surface area contributed by atoms with Gasteiger partial charge in [0.1, 0.15) is 6.04 Å². The van der Waals surface area contributed by atoms with E-state index in [4.69, 9.17) is 0 Å². The molecule has 0 saturated carbocycles. The second-order valence-corrected chi connectivity index (χ2v) is 9.23. The highest BCUT2D eigenvalue weighted by Gasteiger charge is 2.34. The van der Waals surface area contributed by atoms with Gasteiger partial charge in [-0.1, -0.05) is 48.5 Å². The molecule has 1 atom stereocenters. The van der Waals surface area contributed by atoms with Gasteiger partial charge in [-0.3, -0.25) is 4.79 Å². The Morgan fingerprint density at radius 2 is 1.74 bits per heavy atom. The van der Waals surface area contributed by atoms with Gasteiger partial charge in [0.2, 0.25) is 0 Å². The van der Waals surface area contributed by atoms with Crippen LogP contribution in [0.5, 0.6) is 0 Å². The topological polar surface area (TPSA) is 79.7 Å². The maximum atomic E-state index is 13.5.